The van der Waals surface area contributed by atoms with Crippen LogP contribution in [0.3, 0.4) is 0 Å². The van der Waals surface area contributed by atoms with Crippen molar-refractivity contribution in [1.29, 1.82) is 0 Å². The highest BCUT2D eigenvalue weighted by Crippen LogP contribution is 2.20. The topological polar surface area (TPSA) is 40.8 Å². The molecule has 0 radical (unpaired) electrons. The van der Waals surface area contributed by atoms with Crippen molar-refractivity contribution in [3.05, 3.63) is 35.2 Å². The van der Waals surface area contributed by atoms with E-state index in [-0.39, 0.29) is 6.61 Å². The molecule has 0 bridgehead atoms. The lowest BCUT2D eigenvalue weighted by atomic mass is 10.2. The number of fused-ring (bicyclic) bond motifs is 1. The van der Waals surface area contributed by atoms with Crippen molar-refractivity contribution in [3.8, 4) is 0 Å². The van der Waals surface area contributed by atoms with E-state index in [1.54, 1.807) is 0 Å². The van der Waals surface area contributed by atoms with Crippen molar-refractivity contribution in [2.45, 2.75) is 25.4 Å². The maximum Gasteiger partial charge on any atom is 0.137 e. The molecular weight excluding hydrogens is 250 g/mol. The maximum atomic E-state index is 9.31. The molecule has 3 heterocycles. The summed E-state index contributed by atoms with van der Waals surface area (Å²) in [5, 5.41) is 10.0. The fourth-order valence-corrected chi connectivity index (χ4v) is 2.78. The SMILES string of the molecule is OC[C@H]1CCCN1Cc1cn2cc(Cl)ccc2n1. The summed E-state index contributed by atoms with van der Waals surface area (Å²) >= 11 is 5.95. The van der Waals surface area contributed by atoms with Crippen LogP contribution in [-0.4, -0.2) is 38.6 Å². The molecule has 0 aliphatic carbocycles. The minimum Gasteiger partial charge on any atom is -0.395 e. The molecule has 2 aromatic heterocycles. The Kier molecular flexibility index (Phi) is 3.24. The average Bonchev–Trinajstić information content (AvgIpc) is 2.94. The van der Waals surface area contributed by atoms with E-state index in [1.807, 2.05) is 28.9 Å². The number of hydrogen-bond donors (Lipinski definition) is 1. The van der Waals surface area contributed by atoms with Gasteiger partial charge in [-0.1, -0.05) is 11.6 Å². The number of aliphatic hydroxyl groups excluding tert-OH is 1. The van der Waals surface area contributed by atoms with E-state index in [0.29, 0.717) is 11.1 Å². The quantitative estimate of drug-likeness (QED) is 0.922. The van der Waals surface area contributed by atoms with E-state index in [4.69, 9.17) is 11.6 Å². The van der Waals surface area contributed by atoms with E-state index >= 15 is 0 Å². The van der Waals surface area contributed by atoms with Crippen molar-refractivity contribution in [1.82, 2.24) is 14.3 Å². The van der Waals surface area contributed by atoms with Gasteiger partial charge >= 0.3 is 0 Å². The Morgan fingerprint density at radius 3 is 3.11 bits per heavy atom. The van der Waals surface area contributed by atoms with Gasteiger partial charge < -0.3 is 9.51 Å². The maximum absolute atomic E-state index is 9.31. The largest absolute Gasteiger partial charge is 0.395 e. The lowest BCUT2D eigenvalue weighted by Crippen LogP contribution is -2.31. The van der Waals surface area contributed by atoms with Crippen molar-refractivity contribution in [3.63, 3.8) is 0 Å². The van der Waals surface area contributed by atoms with Crippen LogP contribution in [0.4, 0.5) is 0 Å². The third-order valence-corrected chi connectivity index (χ3v) is 3.76. The molecule has 1 aliphatic heterocycles. The summed E-state index contributed by atoms with van der Waals surface area (Å²) in [7, 11) is 0. The number of likely N-dealkylation sites (tertiary alicyclic amines) is 1. The van der Waals surface area contributed by atoms with Crippen LogP contribution in [0, 0.1) is 0 Å². The predicted octanol–water partition coefficient (Wildman–Crippen LogP) is 1.94. The number of pyridine rings is 1. The molecule has 0 spiro atoms. The van der Waals surface area contributed by atoms with Gasteiger partial charge in [-0.25, -0.2) is 4.98 Å². The molecule has 4 nitrogen and oxygen atoms in total. The van der Waals surface area contributed by atoms with Crippen LogP contribution in [0.2, 0.25) is 5.02 Å². The summed E-state index contributed by atoms with van der Waals surface area (Å²) in [5.74, 6) is 0. The van der Waals surface area contributed by atoms with Gasteiger partial charge in [0.15, 0.2) is 0 Å². The average molecular weight is 266 g/mol. The van der Waals surface area contributed by atoms with Gasteiger partial charge in [0.05, 0.1) is 17.3 Å². The zero-order valence-corrected chi connectivity index (χ0v) is 10.8. The van der Waals surface area contributed by atoms with Crippen molar-refractivity contribution in [2.24, 2.45) is 0 Å². The number of rotatable bonds is 3. The Balaban J connectivity index is 1.82. The van der Waals surface area contributed by atoms with Crippen LogP contribution in [-0.2, 0) is 6.54 Å². The van der Waals surface area contributed by atoms with Gasteiger partial charge in [0.25, 0.3) is 0 Å². The highest BCUT2D eigenvalue weighted by molar-refractivity contribution is 6.30. The van der Waals surface area contributed by atoms with Gasteiger partial charge in [-0.05, 0) is 31.5 Å². The highest BCUT2D eigenvalue weighted by atomic mass is 35.5. The van der Waals surface area contributed by atoms with Gasteiger partial charge in [0, 0.05) is 25.0 Å². The third kappa shape index (κ3) is 2.23. The molecule has 5 heteroatoms. The van der Waals surface area contributed by atoms with E-state index < -0.39 is 0 Å². The first-order valence-electron chi connectivity index (χ1n) is 6.24. The van der Waals surface area contributed by atoms with Crippen molar-refractivity contribution in [2.75, 3.05) is 13.2 Å². The van der Waals surface area contributed by atoms with Crippen LogP contribution in [0.1, 0.15) is 18.5 Å². The molecule has 2 aromatic rings. The third-order valence-electron chi connectivity index (χ3n) is 3.54. The minimum absolute atomic E-state index is 0.235. The van der Waals surface area contributed by atoms with Gasteiger partial charge in [0.1, 0.15) is 5.65 Å². The zero-order valence-electron chi connectivity index (χ0n) is 10.1. The summed E-state index contributed by atoms with van der Waals surface area (Å²) in [6.07, 6.45) is 6.11. The summed E-state index contributed by atoms with van der Waals surface area (Å²) < 4.78 is 1.95. The van der Waals surface area contributed by atoms with Crippen LogP contribution in [0.15, 0.2) is 24.5 Å². The predicted molar refractivity (Wildman–Crippen MR) is 70.7 cm³/mol. The number of hydrogen-bond acceptors (Lipinski definition) is 3. The fraction of sp³-hybridized carbons (Fsp3) is 0.462. The van der Waals surface area contributed by atoms with Crippen molar-refractivity contribution >= 4 is 17.2 Å². The molecular formula is C13H16ClN3O. The lowest BCUT2D eigenvalue weighted by Gasteiger charge is -2.21. The van der Waals surface area contributed by atoms with Gasteiger partial charge in [-0.2, -0.15) is 0 Å². The molecule has 0 unspecified atom stereocenters. The van der Waals surface area contributed by atoms with Crippen LogP contribution >= 0.6 is 11.6 Å². The Bertz CT molecular complexity index is 554. The minimum atomic E-state index is 0.235. The van der Waals surface area contributed by atoms with E-state index in [0.717, 1.165) is 37.3 Å². The Morgan fingerprint density at radius 2 is 2.28 bits per heavy atom. The number of aromatic nitrogens is 2. The number of aliphatic hydroxyl groups is 1. The molecule has 1 atom stereocenters. The van der Waals surface area contributed by atoms with E-state index in [2.05, 4.69) is 9.88 Å². The van der Waals surface area contributed by atoms with Gasteiger partial charge in [0.2, 0.25) is 0 Å². The summed E-state index contributed by atoms with van der Waals surface area (Å²) in [4.78, 5) is 6.86. The molecule has 0 saturated carbocycles. The normalized spacial score (nSPS) is 20.9. The molecule has 3 rings (SSSR count). The first-order valence-corrected chi connectivity index (χ1v) is 6.62. The first kappa shape index (κ1) is 12.0. The number of imidazole rings is 1. The van der Waals surface area contributed by atoms with Gasteiger partial charge in [-0.3, -0.25) is 4.90 Å². The lowest BCUT2D eigenvalue weighted by molar-refractivity contribution is 0.152. The second kappa shape index (κ2) is 4.88. The molecule has 1 saturated heterocycles. The molecule has 1 aliphatic rings. The number of nitrogens with zero attached hydrogens (tertiary/aromatic N) is 3. The van der Waals surface area contributed by atoms with E-state index in [1.165, 1.54) is 0 Å². The molecule has 0 amide bonds. The van der Waals surface area contributed by atoms with Crippen LogP contribution in [0.25, 0.3) is 5.65 Å². The zero-order chi connectivity index (χ0) is 12.5. The van der Waals surface area contributed by atoms with Gasteiger partial charge in [-0.15, -0.1) is 0 Å². The highest BCUT2D eigenvalue weighted by Gasteiger charge is 2.24. The molecule has 1 fully saturated rings. The second-order valence-electron chi connectivity index (χ2n) is 4.79. The summed E-state index contributed by atoms with van der Waals surface area (Å²) in [6.45, 7) is 2.07. The smallest absolute Gasteiger partial charge is 0.137 e. The summed E-state index contributed by atoms with van der Waals surface area (Å²) in [6, 6.07) is 4.05. The molecule has 1 N–H and O–H groups in total. The molecule has 18 heavy (non-hydrogen) atoms. The Labute approximate surface area is 111 Å². The Morgan fingerprint density at radius 1 is 1.39 bits per heavy atom. The monoisotopic (exact) mass is 265 g/mol. The second-order valence-corrected chi connectivity index (χ2v) is 5.23. The summed E-state index contributed by atoms with van der Waals surface area (Å²) in [5.41, 5.74) is 1.94. The van der Waals surface area contributed by atoms with Crippen molar-refractivity contribution < 1.29 is 5.11 Å². The Hall–Kier alpha value is -1.10. The fourth-order valence-electron chi connectivity index (χ4n) is 2.61. The van der Waals surface area contributed by atoms with Crippen LogP contribution in [0.5, 0.6) is 0 Å². The molecule has 0 aromatic carbocycles. The van der Waals surface area contributed by atoms with Crippen LogP contribution < -0.4 is 0 Å². The molecule has 96 valence electrons. The standard InChI is InChI=1S/C13H16ClN3O/c14-10-3-4-13-15-11(8-17(13)6-10)7-16-5-1-2-12(16)9-18/h3-4,6,8,12,18H,1-2,5,7,9H2/t12-/m1/s1. The number of halogens is 1. The first-order chi connectivity index (χ1) is 8.76. The van der Waals surface area contributed by atoms with E-state index in [9.17, 15) is 5.11 Å².